The van der Waals surface area contributed by atoms with Crippen LogP contribution in [0.2, 0.25) is 0 Å². The van der Waals surface area contributed by atoms with Crippen molar-refractivity contribution in [2.45, 2.75) is 102 Å². The fourth-order valence-electron chi connectivity index (χ4n) is 4.69. The van der Waals surface area contributed by atoms with Gasteiger partial charge in [-0.3, -0.25) is 4.79 Å². The summed E-state index contributed by atoms with van der Waals surface area (Å²) in [4.78, 5) is 11.7. The number of esters is 1. The van der Waals surface area contributed by atoms with Crippen LogP contribution >= 0.6 is 0 Å². The molecule has 0 spiro atoms. The Labute approximate surface area is 146 Å². The summed E-state index contributed by atoms with van der Waals surface area (Å²) in [5.41, 5.74) is 0. The molecular weight excluding hydrogens is 304 g/mol. The van der Waals surface area contributed by atoms with Gasteiger partial charge < -0.3 is 14.2 Å². The van der Waals surface area contributed by atoms with Crippen molar-refractivity contribution in [3.63, 3.8) is 0 Å². The summed E-state index contributed by atoms with van der Waals surface area (Å²) in [7, 11) is 0. The molecule has 0 N–H and O–H groups in total. The Kier molecular flexibility index (Phi) is 6.96. The number of carbonyl (C=O) groups is 1. The molecule has 138 valence electrons. The lowest BCUT2D eigenvalue weighted by molar-refractivity contribution is -0.197. The van der Waals surface area contributed by atoms with Crippen LogP contribution in [0.3, 0.4) is 0 Å². The predicted molar refractivity (Wildman–Crippen MR) is 92.6 cm³/mol. The number of ether oxygens (including phenoxy) is 3. The molecule has 2 saturated heterocycles. The summed E-state index contributed by atoms with van der Waals surface area (Å²) in [5.74, 6) is 0.838. The third kappa shape index (κ3) is 4.72. The second-order valence-corrected chi connectivity index (χ2v) is 7.82. The van der Waals surface area contributed by atoms with E-state index in [0.29, 0.717) is 18.3 Å². The number of carbonyl (C=O) groups excluding carboxylic acids is 1. The molecule has 2 heterocycles. The number of hydrogen-bond acceptors (Lipinski definition) is 4. The van der Waals surface area contributed by atoms with E-state index < -0.39 is 0 Å². The standard InChI is InChI=1S/C20H34O4/c1-2-3-4-5-6-7-10-15-16-13-19(21)23-18(16)14-17(15)24-20-11-8-9-12-22-20/h15-18,20H,2-14H2,1H3/t15?,16-,17-,18+,20?/m1/s1. The van der Waals surface area contributed by atoms with Gasteiger partial charge in [0.05, 0.1) is 12.5 Å². The highest BCUT2D eigenvalue weighted by Crippen LogP contribution is 2.45. The van der Waals surface area contributed by atoms with Crippen molar-refractivity contribution >= 4 is 5.97 Å². The Morgan fingerprint density at radius 2 is 1.96 bits per heavy atom. The zero-order chi connectivity index (χ0) is 16.8. The van der Waals surface area contributed by atoms with Crippen LogP contribution in [0.1, 0.15) is 84.0 Å². The maximum atomic E-state index is 11.7. The molecule has 4 nitrogen and oxygen atoms in total. The van der Waals surface area contributed by atoms with Gasteiger partial charge in [-0.2, -0.15) is 0 Å². The summed E-state index contributed by atoms with van der Waals surface area (Å²) >= 11 is 0. The predicted octanol–water partition coefficient (Wildman–Crippen LogP) is 4.60. The van der Waals surface area contributed by atoms with Gasteiger partial charge in [-0.25, -0.2) is 0 Å². The van der Waals surface area contributed by atoms with Crippen molar-refractivity contribution in [1.29, 1.82) is 0 Å². The Hall–Kier alpha value is -0.610. The van der Waals surface area contributed by atoms with Crippen LogP contribution in [0.4, 0.5) is 0 Å². The van der Waals surface area contributed by atoms with E-state index in [9.17, 15) is 4.79 Å². The number of fused-ring (bicyclic) bond motifs is 1. The van der Waals surface area contributed by atoms with Crippen LogP contribution in [-0.4, -0.2) is 31.1 Å². The van der Waals surface area contributed by atoms with Crippen molar-refractivity contribution in [3.8, 4) is 0 Å². The zero-order valence-corrected chi connectivity index (χ0v) is 15.2. The fraction of sp³-hybridized carbons (Fsp3) is 0.950. The summed E-state index contributed by atoms with van der Waals surface area (Å²) in [6.45, 7) is 3.08. The highest BCUT2D eigenvalue weighted by molar-refractivity contribution is 5.72. The fourth-order valence-corrected chi connectivity index (χ4v) is 4.69. The normalized spacial score (nSPS) is 35.9. The Balaban J connectivity index is 1.48. The maximum Gasteiger partial charge on any atom is 0.306 e. The molecule has 0 aromatic heterocycles. The molecule has 3 aliphatic rings. The molecule has 3 rings (SSSR count). The quantitative estimate of drug-likeness (QED) is 0.455. The summed E-state index contributed by atoms with van der Waals surface area (Å²) in [6.07, 6.45) is 14.1. The highest BCUT2D eigenvalue weighted by Gasteiger charge is 2.50. The van der Waals surface area contributed by atoms with E-state index in [1.54, 1.807) is 0 Å². The zero-order valence-electron chi connectivity index (χ0n) is 15.2. The van der Waals surface area contributed by atoms with Gasteiger partial charge >= 0.3 is 5.97 Å². The molecule has 1 saturated carbocycles. The second kappa shape index (κ2) is 9.19. The van der Waals surface area contributed by atoms with Crippen LogP contribution in [0, 0.1) is 11.8 Å². The first-order valence-corrected chi connectivity index (χ1v) is 10.2. The Morgan fingerprint density at radius 3 is 2.75 bits per heavy atom. The third-order valence-corrected chi connectivity index (χ3v) is 6.01. The third-order valence-electron chi connectivity index (χ3n) is 6.01. The molecule has 2 unspecified atom stereocenters. The average Bonchev–Trinajstić information content (AvgIpc) is 3.08. The summed E-state index contributed by atoms with van der Waals surface area (Å²) in [6, 6.07) is 0. The van der Waals surface area contributed by atoms with Crippen molar-refractivity contribution in [1.82, 2.24) is 0 Å². The SMILES string of the molecule is CCCCCCCCC1[C@H]2CC(=O)O[C@H]2C[C@H]1OC1CCCCO1. The van der Waals surface area contributed by atoms with Crippen molar-refractivity contribution < 1.29 is 19.0 Å². The summed E-state index contributed by atoms with van der Waals surface area (Å²) < 4.78 is 17.6. The number of rotatable bonds is 9. The van der Waals surface area contributed by atoms with E-state index in [0.717, 1.165) is 25.9 Å². The van der Waals surface area contributed by atoms with Crippen LogP contribution in [0.5, 0.6) is 0 Å². The molecule has 24 heavy (non-hydrogen) atoms. The van der Waals surface area contributed by atoms with Crippen LogP contribution in [-0.2, 0) is 19.0 Å². The van der Waals surface area contributed by atoms with Gasteiger partial charge in [0, 0.05) is 18.9 Å². The van der Waals surface area contributed by atoms with Crippen molar-refractivity contribution in [2.75, 3.05) is 6.61 Å². The molecule has 5 atom stereocenters. The first-order chi connectivity index (χ1) is 11.8. The smallest absolute Gasteiger partial charge is 0.306 e. The molecule has 1 aliphatic carbocycles. The molecular formula is C20H34O4. The first-order valence-electron chi connectivity index (χ1n) is 10.2. The van der Waals surface area contributed by atoms with Crippen LogP contribution < -0.4 is 0 Å². The van der Waals surface area contributed by atoms with Gasteiger partial charge in [0.25, 0.3) is 0 Å². The molecule has 0 amide bonds. The maximum absolute atomic E-state index is 11.7. The minimum atomic E-state index is -0.0367. The van der Waals surface area contributed by atoms with Gasteiger partial charge in [0.1, 0.15) is 6.10 Å². The molecule has 2 aliphatic heterocycles. The molecule has 0 aromatic rings. The van der Waals surface area contributed by atoms with Gasteiger partial charge in [0.2, 0.25) is 0 Å². The van der Waals surface area contributed by atoms with E-state index in [-0.39, 0.29) is 24.5 Å². The topological polar surface area (TPSA) is 44.8 Å². The van der Waals surface area contributed by atoms with Crippen LogP contribution in [0.15, 0.2) is 0 Å². The van der Waals surface area contributed by atoms with E-state index in [4.69, 9.17) is 14.2 Å². The number of unbranched alkanes of at least 4 members (excludes halogenated alkanes) is 5. The van der Waals surface area contributed by atoms with Gasteiger partial charge in [0.15, 0.2) is 6.29 Å². The van der Waals surface area contributed by atoms with Crippen molar-refractivity contribution in [3.05, 3.63) is 0 Å². The second-order valence-electron chi connectivity index (χ2n) is 7.82. The minimum Gasteiger partial charge on any atom is -0.462 e. The van der Waals surface area contributed by atoms with E-state index in [1.165, 1.54) is 51.4 Å². The summed E-state index contributed by atoms with van der Waals surface area (Å²) in [5, 5.41) is 0. The lowest BCUT2D eigenvalue weighted by atomic mass is 9.87. The van der Waals surface area contributed by atoms with E-state index in [1.807, 2.05) is 0 Å². The average molecular weight is 338 g/mol. The lowest BCUT2D eigenvalue weighted by Crippen LogP contribution is -2.31. The van der Waals surface area contributed by atoms with Gasteiger partial charge in [-0.15, -0.1) is 0 Å². The number of hydrogen-bond donors (Lipinski definition) is 0. The minimum absolute atomic E-state index is 0.00897. The van der Waals surface area contributed by atoms with E-state index >= 15 is 0 Å². The van der Waals surface area contributed by atoms with Gasteiger partial charge in [-0.1, -0.05) is 45.4 Å². The lowest BCUT2D eigenvalue weighted by Gasteiger charge is -2.30. The first kappa shape index (κ1) is 18.2. The largest absolute Gasteiger partial charge is 0.462 e. The molecule has 4 heteroatoms. The molecule has 0 aromatic carbocycles. The van der Waals surface area contributed by atoms with E-state index in [2.05, 4.69) is 6.92 Å². The monoisotopic (exact) mass is 338 g/mol. The van der Waals surface area contributed by atoms with Crippen molar-refractivity contribution in [2.24, 2.45) is 11.8 Å². The molecule has 0 bridgehead atoms. The molecule has 0 radical (unpaired) electrons. The highest BCUT2D eigenvalue weighted by atomic mass is 16.7. The van der Waals surface area contributed by atoms with Crippen LogP contribution in [0.25, 0.3) is 0 Å². The Morgan fingerprint density at radius 1 is 1.12 bits per heavy atom. The van der Waals surface area contributed by atoms with Gasteiger partial charge in [-0.05, 0) is 31.6 Å². The Bertz CT molecular complexity index is 391. The molecule has 3 fully saturated rings.